The van der Waals surface area contributed by atoms with Gasteiger partial charge in [-0.1, -0.05) is 12.2 Å². The van der Waals surface area contributed by atoms with E-state index < -0.39 is 0 Å². The van der Waals surface area contributed by atoms with Gasteiger partial charge in [0.15, 0.2) is 0 Å². The van der Waals surface area contributed by atoms with E-state index in [1.54, 1.807) is 11.3 Å². The molecule has 3 rings (SSSR count). The van der Waals surface area contributed by atoms with Crippen molar-refractivity contribution in [1.29, 1.82) is 0 Å². The monoisotopic (exact) mass is 290 g/mol. The zero-order valence-electron chi connectivity index (χ0n) is 11.5. The van der Waals surface area contributed by atoms with Crippen molar-refractivity contribution in [2.75, 3.05) is 26.3 Å². The molecular formula is C15H18N2O2S. The first-order chi connectivity index (χ1) is 9.81. The smallest absolute Gasteiger partial charge is 0.270 e. The third-order valence-corrected chi connectivity index (χ3v) is 4.42. The van der Waals surface area contributed by atoms with Crippen LogP contribution in [0.2, 0.25) is 0 Å². The lowest BCUT2D eigenvalue weighted by Crippen LogP contribution is -2.41. The Hall–Kier alpha value is -1.59. The Morgan fingerprint density at radius 3 is 3.00 bits per heavy atom. The van der Waals surface area contributed by atoms with Crippen molar-refractivity contribution in [1.82, 2.24) is 9.47 Å². The van der Waals surface area contributed by atoms with Crippen LogP contribution in [0.15, 0.2) is 29.7 Å². The first-order valence-corrected chi connectivity index (χ1v) is 7.74. The number of hydrogen-bond acceptors (Lipinski definition) is 3. The lowest BCUT2D eigenvalue weighted by atomic mass is 10.3. The number of carbonyl (C=O) groups excluding carboxylic acids is 1. The molecule has 0 unspecified atom stereocenters. The molecule has 0 atom stereocenters. The van der Waals surface area contributed by atoms with Gasteiger partial charge in [-0.2, -0.15) is 0 Å². The van der Waals surface area contributed by atoms with E-state index >= 15 is 0 Å². The summed E-state index contributed by atoms with van der Waals surface area (Å²) in [6, 6.07) is 4.10. The number of nitrogens with zero attached hydrogens (tertiary/aromatic N) is 2. The van der Waals surface area contributed by atoms with Crippen molar-refractivity contribution >= 4 is 27.5 Å². The van der Waals surface area contributed by atoms with Crippen LogP contribution in [-0.4, -0.2) is 41.7 Å². The van der Waals surface area contributed by atoms with Gasteiger partial charge in [0.25, 0.3) is 5.91 Å². The summed E-state index contributed by atoms with van der Waals surface area (Å²) < 4.78 is 8.59. The molecule has 0 saturated carbocycles. The maximum Gasteiger partial charge on any atom is 0.270 e. The van der Waals surface area contributed by atoms with Crippen LogP contribution in [0, 0.1) is 0 Å². The number of carbonyl (C=O) groups is 1. The molecular weight excluding hydrogens is 272 g/mol. The van der Waals surface area contributed by atoms with Gasteiger partial charge >= 0.3 is 0 Å². The number of thiophene rings is 1. The Kier molecular flexibility index (Phi) is 3.89. The van der Waals surface area contributed by atoms with Crippen molar-refractivity contribution in [3.05, 3.63) is 35.4 Å². The summed E-state index contributed by atoms with van der Waals surface area (Å²) in [6.07, 6.45) is 4.09. The minimum absolute atomic E-state index is 0.112. The van der Waals surface area contributed by atoms with Gasteiger partial charge in [0, 0.05) is 19.6 Å². The molecule has 0 N–H and O–H groups in total. The lowest BCUT2D eigenvalue weighted by Gasteiger charge is -2.27. The highest BCUT2D eigenvalue weighted by Crippen LogP contribution is 2.26. The van der Waals surface area contributed by atoms with E-state index in [1.807, 2.05) is 24.0 Å². The largest absolute Gasteiger partial charge is 0.378 e. The van der Waals surface area contributed by atoms with Gasteiger partial charge in [-0.05, 0) is 24.4 Å². The summed E-state index contributed by atoms with van der Waals surface area (Å²) >= 11 is 1.68. The second-order valence-electron chi connectivity index (χ2n) is 4.78. The molecule has 3 heterocycles. The van der Waals surface area contributed by atoms with Crippen LogP contribution < -0.4 is 0 Å². The molecule has 4 nitrogen and oxygen atoms in total. The molecule has 106 valence electrons. The van der Waals surface area contributed by atoms with Crippen molar-refractivity contribution < 1.29 is 9.53 Å². The highest BCUT2D eigenvalue weighted by Gasteiger charge is 2.23. The summed E-state index contributed by atoms with van der Waals surface area (Å²) in [4.78, 5) is 14.6. The molecule has 1 amide bonds. The lowest BCUT2D eigenvalue weighted by molar-refractivity contribution is 0.0296. The van der Waals surface area contributed by atoms with Crippen LogP contribution in [0.25, 0.3) is 10.2 Å². The van der Waals surface area contributed by atoms with E-state index in [4.69, 9.17) is 4.74 Å². The molecule has 0 radical (unpaired) electrons. The van der Waals surface area contributed by atoms with Crippen LogP contribution in [0.5, 0.6) is 0 Å². The van der Waals surface area contributed by atoms with Crippen LogP contribution in [0.3, 0.4) is 0 Å². The molecule has 2 aromatic rings. The van der Waals surface area contributed by atoms with Crippen LogP contribution >= 0.6 is 11.3 Å². The number of amides is 1. The summed E-state index contributed by atoms with van der Waals surface area (Å²) in [5, 5.41) is 2.07. The Morgan fingerprint density at radius 2 is 2.25 bits per heavy atom. The number of aromatic nitrogens is 1. The fraction of sp³-hybridized carbons (Fsp3) is 0.400. The second-order valence-corrected chi connectivity index (χ2v) is 5.73. The van der Waals surface area contributed by atoms with E-state index in [0.717, 1.165) is 17.8 Å². The highest BCUT2D eigenvalue weighted by atomic mass is 32.1. The van der Waals surface area contributed by atoms with Gasteiger partial charge in [0.05, 0.1) is 23.4 Å². The Labute approximate surface area is 122 Å². The van der Waals surface area contributed by atoms with Gasteiger partial charge in [0.1, 0.15) is 5.69 Å². The minimum Gasteiger partial charge on any atom is -0.378 e. The standard InChI is InChI=1S/C15H18N2O2S/c1-2-3-5-17-12-4-10-20-14(12)11-13(17)15(18)16-6-8-19-9-7-16/h2-4,10-11H,5-9H2,1H3/b3-2+. The maximum absolute atomic E-state index is 12.7. The average molecular weight is 290 g/mol. The minimum atomic E-state index is 0.112. The number of ether oxygens (including phenoxy) is 1. The van der Waals surface area contributed by atoms with E-state index in [2.05, 4.69) is 22.1 Å². The molecule has 0 spiro atoms. The summed E-state index contributed by atoms with van der Waals surface area (Å²) in [5.74, 6) is 0.112. The van der Waals surface area contributed by atoms with Gasteiger partial charge in [-0.3, -0.25) is 4.79 Å². The van der Waals surface area contributed by atoms with Crippen LogP contribution in [-0.2, 0) is 11.3 Å². The molecule has 0 aliphatic carbocycles. The predicted molar refractivity (Wildman–Crippen MR) is 81.4 cm³/mol. The number of rotatable bonds is 3. The molecule has 1 aliphatic heterocycles. The third kappa shape index (κ3) is 2.39. The maximum atomic E-state index is 12.7. The van der Waals surface area contributed by atoms with Gasteiger partial charge in [-0.15, -0.1) is 11.3 Å². The Bertz CT molecular complexity index is 635. The van der Waals surface area contributed by atoms with E-state index in [0.29, 0.717) is 26.3 Å². The quantitative estimate of drug-likeness (QED) is 0.815. The van der Waals surface area contributed by atoms with E-state index in [1.165, 1.54) is 4.70 Å². The number of morpholine rings is 1. The predicted octanol–water partition coefficient (Wildman–Crippen LogP) is 2.75. The van der Waals surface area contributed by atoms with Crippen molar-refractivity contribution in [2.45, 2.75) is 13.5 Å². The van der Waals surface area contributed by atoms with E-state index in [9.17, 15) is 4.79 Å². The molecule has 1 fully saturated rings. The Morgan fingerprint density at radius 1 is 1.45 bits per heavy atom. The molecule has 1 saturated heterocycles. The molecule has 5 heteroatoms. The average Bonchev–Trinajstić information content (AvgIpc) is 3.06. The SMILES string of the molecule is C/C=C/Cn1c(C(=O)N2CCOCC2)cc2sccc21. The fourth-order valence-electron chi connectivity index (χ4n) is 2.49. The third-order valence-electron chi connectivity index (χ3n) is 3.56. The Balaban J connectivity index is 1.96. The van der Waals surface area contributed by atoms with Crippen molar-refractivity contribution in [2.24, 2.45) is 0 Å². The van der Waals surface area contributed by atoms with Crippen LogP contribution in [0.4, 0.5) is 0 Å². The molecule has 0 aromatic carbocycles. The second kappa shape index (κ2) is 5.81. The fourth-order valence-corrected chi connectivity index (χ4v) is 3.31. The topological polar surface area (TPSA) is 34.5 Å². The summed E-state index contributed by atoms with van der Waals surface area (Å²) in [6.45, 7) is 5.37. The number of fused-ring (bicyclic) bond motifs is 1. The van der Waals surface area contributed by atoms with Gasteiger partial charge < -0.3 is 14.2 Å². The van der Waals surface area contributed by atoms with Crippen LogP contribution in [0.1, 0.15) is 17.4 Å². The summed E-state index contributed by atoms with van der Waals surface area (Å²) in [5.41, 5.74) is 1.93. The zero-order valence-corrected chi connectivity index (χ0v) is 12.4. The molecule has 20 heavy (non-hydrogen) atoms. The zero-order chi connectivity index (χ0) is 13.9. The van der Waals surface area contributed by atoms with Crippen molar-refractivity contribution in [3.63, 3.8) is 0 Å². The molecule has 2 aromatic heterocycles. The number of allylic oxidation sites excluding steroid dienone is 2. The first-order valence-electron chi connectivity index (χ1n) is 6.86. The van der Waals surface area contributed by atoms with Crippen molar-refractivity contribution in [3.8, 4) is 0 Å². The molecule has 1 aliphatic rings. The van der Waals surface area contributed by atoms with Gasteiger partial charge in [0.2, 0.25) is 0 Å². The summed E-state index contributed by atoms with van der Waals surface area (Å²) in [7, 11) is 0. The molecule has 0 bridgehead atoms. The normalized spacial score (nSPS) is 16.4. The van der Waals surface area contributed by atoms with E-state index in [-0.39, 0.29) is 5.91 Å². The van der Waals surface area contributed by atoms with Gasteiger partial charge in [-0.25, -0.2) is 0 Å². The highest BCUT2D eigenvalue weighted by molar-refractivity contribution is 7.17. The number of hydrogen-bond donors (Lipinski definition) is 0. The first kappa shape index (κ1) is 13.4.